The molecule has 0 saturated heterocycles. The number of hydrogen-bond acceptors (Lipinski definition) is 5. The lowest BCUT2D eigenvalue weighted by Crippen LogP contribution is -2.60. The second-order valence-corrected chi connectivity index (χ2v) is 4.00. The maximum absolute atomic E-state index is 11.3. The van der Waals surface area contributed by atoms with Crippen molar-refractivity contribution in [3.63, 3.8) is 0 Å². The topological polar surface area (TPSA) is 186 Å². The van der Waals surface area contributed by atoms with Crippen molar-refractivity contribution in [1.29, 1.82) is 0 Å². The summed E-state index contributed by atoms with van der Waals surface area (Å²) in [4.78, 5) is 56.0. The fourth-order valence-corrected chi connectivity index (χ4v) is 2.31. The lowest BCUT2D eigenvalue weighted by Gasteiger charge is -2.33. The van der Waals surface area contributed by atoms with E-state index in [2.05, 4.69) is 0 Å². The Morgan fingerprint density at radius 3 is 1.45 bits per heavy atom. The summed E-state index contributed by atoms with van der Waals surface area (Å²) in [7, 11) is 0. The Balaban J connectivity index is 3.87. The van der Waals surface area contributed by atoms with Crippen LogP contribution in [0.5, 0.6) is 0 Å². The van der Waals surface area contributed by atoms with Gasteiger partial charge in [-0.05, 0) is 6.42 Å². The highest BCUT2D eigenvalue weighted by Crippen LogP contribution is 2.54. The van der Waals surface area contributed by atoms with Gasteiger partial charge < -0.3 is 25.5 Å². The van der Waals surface area contributed by atoms with Crippen molar-refractivity contribution in [3.05, 3.63) is 11.6 Å². The third-order valence-electron chi connectivity index (χ3n) is 3.26. The van der Waals surface area contributed by atoms with Crippen LogP contribution in [-0.2, 0) is 24.0 Å². The van der Waals surface area contributed by atoms with E-state index in [4.69, 9.17) is 25.5 Å². The summed E-state index contributed by atoms with van der Waals surface area (Å²) in [5.74, 6) is -11.3. The standard InChI is InChI=1S/C10H8O10/c11-4(12)3-1-2-9(5(13)14,6(15)16)10(3,7(17)18)8(19)20/h1H,2H2,(H,11,12)(H,13,14)(H,15,16)(H,17,18)(H,19,20). The van der Waals surface area contributed by atoms with Gasteiger partial charge in [0.1, 0.15) is 0 Å². The highest BCUT2D eigenvalue weighted by molar-refractivity contribution is 6.20. The fourth-order valence-electron chi connectivity index (χ4n) is 2.31. The van der Waals surface area contributed by atoms with Gasteiger partial charge in [-0.15, -0.1) is 0 Å². The second-order valence-electron chi connectivity index (χ2n) is 4.00. The van der Waals surface area contributed by atoms with E-state index in [0.717, 1.165) is 0 Å². The van der Waals surface area contributed by atoms with Crippen molar-refractivity contribution >= 4 is 29.8 Å². The molecule has 0 aromatic carbocycles. The summed E-state index contributed by atoms with van der Waals surface area (Å²) in [5, 5.41) is 45.1. The first-order valence-electron chi connectivity index (χ1n) is 4.94. The van der Waals surface area contributed by atoms with Gasteiger partial charge in [0.25, 0.3) is 0 Å². The molecule has 0 aromatic heterocycles. The maximum atomic E-state index is 11.3. The van der Waals surface area contributed by atoms with Crippen molar-refractivity contribution in [2.75, 3.05) is 0 Å². The molecule has 0 atom stereocenters. The molecule has 1 aliphatic carbocycles. The monoisotopic (exact) mass is 288 g/mol. The van der Waals surface area contributed by atoms with Gasteiger partial charge in [0.15, 0.2) is 5.41 Å². The number of allylic oxidation sites excluding steroid dienone is 1. The largest absolute Gasteiger partial charge is 0.480 e. The first-order chi connectivity index (χ1) is 9.06. The van der Waals surface area contributed by atoms with Crippen LogP contribution in [0.3, 0.4) is 0 Å². The smallest absolute Gasteiger partial charge is 0.333 e. The van der Waals surface area contributed by atoms with Gasteiger partial charge in [-0.3, -0.25) is 19.2 Å². The van der Waals surface area contributed by atoms with Gasteiger partial charge >= 0.3 is 29.8 Å². The third kappa shape index (κ3) is 1.41. The molecule has 0 fully saturated rings. The van der Waals surface area contributed by atoms with Gasteiger partial charge in [0, 0.05) is 0 Å². The Labute approximate surface area is 109 Å². The first kappa shape index (κ1) is 15.1. The minimum absolute atomic E-state index is 0.493. The van der Waals surface area contributed by atoms with E-state index < -0.39 is 52.7 Å². The van der Waals surface area contributed by atoms with Crippen LogP contribution >= 0.6 is 0 Å². The van der Waals surface area contributed by atoms with Crippen molar-refractivity contribution in [2.45, 2.75) is 6.42 Å². The number of hydrogen-bond donors (Lipinski definition) is 5. The van der Waals surface area contributed by atoms with Crippen molar-refractivity contribution in [2.24, 2.45) is 10.8 Å². The van der Waals surface area contributed by atoms with Gasteiger partial charge in [-0.1, -0.05) is 6.08 Å². The molecule has 108 valence electrons. The van der Waals surface area contributed by atoms with E-state index in [-0.39, 0.29) is 0 Å². The molecule has 0 heterocycles. The van der Waals surface area contributed by atoms with E-state index in [1.54, 1.807) is 0 Å². The third-order valence-corrected chi connectivity index (χ3v) is 3.26. The minimum Gasteiger partial charge on any atom is -0.480 e. The maximum Gasteiger partial charge on any atom is 0.333 e. The van der Waals surface area contributed by atoms with Crippen LogP contribution in [0, 0.1) is 10.8 Å². The molecule has 0 radical (unpaired) electrons. The first-order valence-corrected chi connectivity index (χ1v) is 4.94. The van der Waals surface area contributed by atoms with Gasteiger partial charge in [-0.25, -0.2) is 4.79 Å². The summed E-state index contributed by atoms with van der Waals surface area (Å²) in [6.45, 7) is 0. The molecule has 5 N–H and O–H groups in total. The molecule has 10 nitrogen and oxygen atoms in total. The van der Waals surface area contributed by atoms with Crippen LogP contribution < -0.4 is 0 Å². The molecule has 0 bridgehead atoms. The van der Waals surface area contributed by atoms with E-state index in [1.807, 2.05) is 0 Å². The Hall–Kier alpha value is -2.91. The van der Waals surface area contributed by atoms with Crippen LogP contribution in [0.15, 0.2) is 11.6 Å². The quantitative estimate of drug-likeness (QED) is 0.381. The van der Waals surface area contributed by atoms with E-state index >= 15 is 0 Å². The number of rotatable bonds is 5. The van der Waals surface area contributed by atoms with Crippen LogP contribution in [0.25, 0.3) is 0 Å². The number of carbonyl (C=O) groups is 5. The molecule has 0 spiro atoms. The number of aliphatic carboxylic acids is 5. The lowest BCUT2D eigenvalue weighted by molar-refractivity contribution is -0.190. The predicted octanol–water partition coefficient (Wildman–Crippen LogP) is -1.29. The lowest BCUT2D eigenvalue weighted by atomic mass is 9.62. The molecule has 0 amide bonds. The summed E-state index contributed by atoms with van der Waals surface area (Å²) in [6.07, 6.45) is -0.579. The van der Waals surface area contributed by atoms with Crippen LogP contribution in [0.4, 0.5) is 0 Å². The zero-order chi connectivity index (χ0) is 15.9. The van der Waals surface area contributed by atoms with Gasteiger partial charge in [0.2, 0.25) is 5.41 Å². The van der Waals surface area contributed by atoms with Gasteiger partial charge in [-0.2, -0.15) is 0 Å². The van der Waals surface area contributed by atoms with Crippen molar-refractivity contribution in [1.82, 2.24) is 0 Å². The van der Waals surface area contributed by atoms with E-state index in [1.165, 1.54) is 0 Å². The van der Waals surface area contributed by atoms with Crippen LogP contribution in [-0.4, -0.2) is 55.4 Å². The highest BCUT2D eigenvalue weighted by Gasteiger charge is 2.76. The van der Waals surface area contributed by atoms with Crippen molar-refractivity contribution in [3.8, 4) is 0 Å². The molecule has 10 heteroatoms. The predicted molar refractivity (Wildman–Crippen MR) is 55.7 cm³/mol. The molecule has 0 saturated carbocycles. The summed E-state index contributed by atoms with van der Waals surface area (Å²) >= 11 is 0. The van der Waals surface area contributed by atoms with Gasteiger partial charge in [0.05, 0.1) is 5.57 Å². The van der Waals surface area contributed by atoms with E-state index in [0.29, 0.717) is 6.08 Å². The zero-order valence-corrected chi connectivity index (χ0v) is 9.56. The van der Waals surface area contributed by atoms with E-state index in [9.17, 15) is 24.0 Å². The summed E-state index contributed by atoms with van der Waals surface area (Å²) in [5.41, 5.74) is -8.25. The normalized spacial score (nSPS) is 18.9. The second kappa shape index (κ2) is 4.33. The molecule has 0 aromatic rings. The van der Waals surface area contributed by atoms with Crippen LogP contribution in [0.1, 0.15) is 6.42 Å². The molecule has 1 rings (SSSR count). The van der Waals surface area contributed by atoms with Crippen molar-refractivity contribution < 1.29 is 49.5 Å². The molecule has 1 aliphatic rings. The SMILES string of the molecule is O=C(O)C1=CCC(C(=O)O)(C(=O)O)C1(C(=O)O)C(=O)O. The molecule has 0 aliphatic heterocycles. The highest BCUT2D eigenvalue weighted by atomic mass is 16.4. The Morgan fingerprint density at radius 2 is 1.20 bits per heavy atom. The number of carboxylic acid groups (broad SMARTS) is 5. The minimum atomic E-state index is -3.61. The Kier molecular flexibility index (Phi) is 3.28. The Morgan fingerprint density at radius 1 is 0.800 bits per heavy atom. The average molecular weight is 288 g/mol. The molecular weight excluding hydrogens is 280 g/mol. The molecular formula is C10H8O10. The zero-order valence-electron chi connectivity index (χ0n) is 9.56. The molecule has 0 unspecified atom stereocenters. The van der Waals surface area contributed by atoms with Crippen LogP contribution in [0.2, 0.25) is 0 Å². The average Bonchev–Trinajstić information content (AvgIpc) is 2.65. The summed E-state index contributed by atoms with van der Waals surface area (Å²) in [6, 6.07) is 0. The molecule has 20 heavy (non-hydrogen) atoms. The Bertz CT molecular complexity index is 541. The summed E-state index contributed by atoms with van der Waals surface area (Å²) < 4.78 is 0. The fraction of sp³-hybridized carbons (Fsp3) is 0.300. The number of carboxylic acids is 5.